The highest BCUT2D eigenvalue weighted by molar-refractivity contribution is 6.07. The van der Waals surface area contributed by atoms with E-state index in [1.54, 1.807) is 23.9 Å². The Hall–Kier alpha value is -3.78. The van der Waals surface area contributed by atoms with Gasteiger partial charge in [-0.15, -0.1) is 0 Å². The highest BCUT2D eigenvalue weighted by Gasteiger charge is 2.31. The molecule has 176 valence electrons. The first-order chi connectivity index (χ1) is 16.3. The lowest BCUT2D eigenvalue weighted by atomic mass is 9.85. The fourth-order valence-corrected chi connectivity index (χ4v) is 4.12. The van der Waals surface area contributed by atoms with E-state index >= 15 is 0 Å². The molecule has 1 atom stereocenters. The van der Waals surface area contributed by atoms with Crippen LogP contribution in [-0.2, 0) is 16.1 Å². The lowest BCUT2D eigenvalue weighted by Gasteiger charge is -2.28. The second-order valence-corrected chi connectivity index (χ2v) is 8.50. The van der Waals surface area contributed by atoms with Crippen LogP contribution >= 0.6 is 0 Å². The van der Waals surface area contributed by atoms with Crippen LogP contribution in [0.1, 0.15) is 29.2 Å². The fourth-order valence-electron chi connectivity index (χ4n) is 4.12. The number of benzene rings is 2. The Morgan fingerprint density at radius 1 is 1.21 bits per heavy atom. The Bertz CT molecular complexity index is 1280. The van der Waals surface area contributed by atoms with E-state index in [-0.39, 0.29) is 24.8 Å². The van der Waals surface area contributed by atoms with Crippen molar-refractivity contribution in [3.63, 3.8) is 0 Å². The molecule has 8 heteroatoms. The molecular weight excluding hydrogens is 435 g/mol. The van der Waals surface area contributed by atoms with Crippen molar-refractivity contribution in [3.05, 3.63) is 82.9 Å². The average molecular weight is 463 g/mol. The SMILES string of the molecule is Cc1ccc(-c2cc(C)n(CCO)n2)cc1NC(=O)C1=CN(C)C(=O)C[C@H]1c1cccc(F)c1. The number of carbonyl (C=O) groups excluding carboxylic acids is 2. The first-order valence-corrected chi connectivity index (χ1v) is 11.1. The highest BCUT2D eigenvalue weighted by atomic mass is 19.1. The van der Waals surface area contributed by atoms with Crippen molar-refractivity contribution in [2.45, 2.75) is 32.7 Å². The molecule has 1 aromatic heterocycles. The van der Waals surface area contributed by atoms with Crippen LogP contribution in [0.15, 0.2) is 60.3 Å². The fraction of sp³-hybridized carbons (Fsp3) is 0.269. The van der Waals surface area contributed by atoms with Gasteiger partial charge in [-0.25, -0.2) is 4.39 Å². The Morgan fingerprint density at radius 2 is 2.00 bits per heavy atom. The Balaban J connectivity index is 1.64. The summed E-state index contributed by atoms with van der Waals surface area (Å²) in [5, 5.41) is 16.7. The van der Waals surface area contributed by atoms with Gasteiger partial charge in [0, 0.05) is 48.1 Å². The highest BCUT2D eigenvalue weighted by Crippen LogP contribution is 2.34. The summed E-state index contributed by atoms with van der Waals surface area (Å²) >= 11 is 0. The van der Waals surface area contributed by atoms with Crippen LogP contribution in [0.3, 0.4) is 0 Å². The van der Waals surface area contributed by atoms with E-state index in [2.05, 4.69) is 10.4 Å². The van der Waals surface area contributed by atoms with Gasteiger partial charge < -0.3 is 15.3 Å². The van der Waals surface area contributed by atoms with Crippen LogP contribution in [0.4, 0.5) is 10.1 Å². The van der Waals surface area contributed by atoms with Crippen molar-refractivity contribution in [1.29, 1.82) is 0 Å². The van der Waals surface area contributed by atoms with Crippen LogP contribution < -0.4 is 5.32 Å². The molecule has 7 nitrogen and oxygen atoms in total. The molecule has 0 bridgehead atoms. The van der Waals surface area contributed by atoms with E-state index in [0.29, 0.717) is 23.4 Å². The molecule has 0 fully saturated rings. The first-order valence-electron chi connectivity index (χ1n) is 11.1. The van der Waals surface area contributed by atoms with Crippen molar-refractivity contribution >= 4 is 17.5 Å². The molecule has 0 spiro atoms. The lowest BCUT2D eigenvalue weighted by molar-refractivity contribution is -0.128. The number of nitrogens with one attached hydrogen (secondary N) is 1. The first kappa shape index (κ1) is 23.4. The van der Waals surface area contributed by atoms with E-state index < -0.39 is 11.7 Å². The number of aryl methyl sites for hydroxylation is 2. The third kappa shape index (κ3) is 4.77. The summed E-state index contributed by atoms with van der Waals surface area (Å²) in [6.07, 6.45) is 1.61. The maximum Gasteiger partial charge on any atom is 0.253 e. The third-order valence-electron chi connectivity index (χ3n) is 6.07. The van der Waals surface area contributed by atoms with Crippen LogP contribution in [0.25, 0.3) is 11.3 Å². The molecule has 0 aliphatic carbocycles. The van der Waals surface area contributed by atoms with Gasteiger partial charge in [-0.05, 0) is 49.2 Å². The number of aromatic nitrogens is 2. The van der Waals surface area contributed by atoms with Crippen LogP contribution in [-0.4, -0.2) is 45.3 Å². The number of rotatable bonds is 6. The molecule has 4 rings (SSSR count). The van der Waals surface area contributed by atoms with Crippen molar-refractivity contribution < 1.29 is 19.1 Å². The predicted molar refractivity (Wildman–Crippen MR) is 127 cm³/mol. The second kappa shape index (κ2) is 9.61. The van der Waals surface area contributed by atoms with Crippen LogP contribution in [0.2, 0.25) is 0 Å². The molecular formula is C26H27FN4O3. The standard InChI is InChI=1S/C26H27FN4O3/c1-16-7-8-19(24-11-17(2)31(29-24)9-10-32)13-23(16)28-26(34)22-15-30(3)25(33)14-21(22)18-5-4-6-20(27)12-18/h4-8,11-13,15,21,32H,9-10,14H2,1-3H3,(H,28,34)/t21-/m0/s1. The number of carbonyl (C=O) groups is 2. The summed E-state index contributed by atoms with van der Waals surface area (Å²) in [7, 11) is 1.61. The van der Waals surface area contributed by atoms with Crippen molar-refractivity contribution in [1.82, 2.24) is 14.7 Å². The molecule has 2 N–H and O–H groups in total. The molecule has 2 amide bonds. The maximum atomic E-state index is 13.9. The lowest BCUT2D eigenvalue weighted by Crippen LogP contribution is -2.33. The number of nitrogens with zero attached hydrogens (tertiary/aromatic N) is 3. The largest absolute Gasteiger partial charge is 0.394 e. The predicted octanol–water partition coefficient (Wildman–Crippen LogP) is 3.77. The third-order valence-corrected chi connectivity index (χ3v) is 6.07. The summed E-state index contributed by atoms with van der Waals surface area (Å²) in [6.45, 7) is 4.21. The van der Waals surface area contributed by atoms with Crippen LogP contribution in [0, 0.1) is 19.7 Å². The quantitative estimate of drug-likeness (QED) is 0.584. The molecule has 0 saturated carbocycles. The zero-order valence-corrected chi connectivity index (χ0v) is 19.4. The average Bonchev–Trinajstić information content (AvgIpc) is 3.17. The van der Waals surface area contributed by atoms with E-state index in [0.717, 1.165) is 22.5 Å². The molecule has 3 aromatic rings. The summed E-state index contributed by atoms with van der Waals surface area (Å²) in [5.41, 5.74) is 4.95. The number of amides is 2. The number of aliphatic hydroxyl groups is 1. The molecule has 34 heavy (non-hydrogen) atoms. The van der Waals surface area contributed by atoms with Gasteiger partial charge in [0.25, 0.3) is 5.91 Å². The number of hydrogen-bond donors (Lipinski definition) is 2. The van der Waals surface area contributed by atoms with E-state index in [9.17, 15) is 19.1 Å². The molecule has 0 unspecified atom stereocenters. The van der Waals surface area contributed by atoms with E-state index in [4.69, 9.17) is 0 Å². The minimum atomic E-state index is -0.542. The molecule has 1 aliphatic rings. The van der Waals surface area contributed by atoms with Gasteiger partial charge in [0.15, 0.2) is 0 Å². The number of hydrogen-bond acceptors (Lipinski definition) is 4. The minimum absolute atomic E-state index is 0.00426. The second-order valence-electron chi connectivity index (χ2n) is 8.50. The van der Waals surface area contributed by atoms with Crippen molar-refractivity contribution in [3.8, 4) is 11.3 Å². The molecule has 0 saturated heterocycles. The van der Waals surface area contributed by atoms with Gasteiger partial charge in [0.05, 0.1) is 18.8 Å². The number of aliphatic hydroxyl groups excluding tert-OH is 1. The molecule has 2 heterocycles. The number of halogens is 1. The Labute approximate surface area is 197 Å². The zero-order chi connectivity index (χ0) is 24.4. The summed E-state index contributed by atoms with van der Waals surface area (Å²) in [5.74, 6) is -1.45. The summed E-state index contributed by atoms with van der Waals surface area (Å²) in [6, 6.07) is 13.6. The molecule has 0 radical (unpaired) electrons. The van der Waals surface area contributed by atoms with Gasteiger partial charge in [-0.3, -0.25) is 14.3 Å². The van der Waals surface area contributed by atoms with Crippen LogP contribution in [0.5, 0.6) is 0 Å². The minimum Gasteiger partial charge on any atom is -0.394 e. The molecule has 1 aliphatic heterocycles. The molecule has 2 aromatic carbocycles. The number of anilines is 1. The summed E-state index contributed by atoms with van der Waals surface area (Å²) in [4.78, 5) is 27.1. The van der Waals surface area contributed by atoms with Gasteiger partial charge in [0.2, 0.25) is 5.91 Å². The van der Waals surface area contributed by atoms with E-state index in [1.807, 2.05) is 38.1 Å². The summed E-state index contributed by atoms with van der Waals surface area (Å²) < 4.78 is 15.6. The van der Waals surface area contributed by atoms with E-state index in [1.165, 1.54) is 23.2 Å². The zero-order valence-electron chi connectivity index (χ0n) is 19.4. The van der Waals surface area contributed by atoms with Crippen molar-refractivity contribution in [2.75, 3.05) is 19.0 Å². The van der Waals surface area contributed by atoms with Crippen molar-refractivity contribution in [2.24, 2.45) is 0 Å². The van der Waals surface area contributed by atoms with Gasteiger partial charge in [-0.2, -0.15) is 5.10 Å². The Kier molecular flexibility index (Phi) is 6.61. The van der Waals surface area contributed by atoms with Gasteiger partial charge in [0.1, 0.15) is 5.82 Å². The van der Waals surface area contributed by atoms with Gasteiger partial charge in [-0.1, -0.05) is 24.3 Å². The Morgan fingerprint density at radius 3 is 2.74 bits per heavy atom. The monoisotopic (exact) mass is 462 g/mol. The van der Waals surface area contributed by atoms with Gasteiger partial charge >= 0.3 is 0 Å². The smallest absolute Gasteiger partial charge is 0.253 e. The topological polar surface area (TPSA) is 87.5 Å². The maximum absolute atomic E-state index is 13.9. The normalized spacial score (nSPS) is 15.9.